The van der Waals surface area contributed by atoms with Gasteiger partial charge in [0.1, 0.15) is 11.5 Å². The van der Waals surface area contributed by atoms with Gasteiger partial charge in [-0.2, -0.15) is 0 Å². The van der Waals surface area contributed by atoms with Crippen LogP contribution in [0.1, 0.15) is 24.3 Å². The van der Waals surface area contributed by atoms with Gasteiger partial charge in [0.05, 0.1) is 0 Å². The molecule has 1 saturated heterocycles. The van der Waals surface area contributed by atoms with Crippen LogP contribution >= 0.6 is 0 Å². The van der Waals surface area contributed by atoms with Crippen LogP contribution in [0.2, 0.25) is 0 Å². The third-order valence-electron chi connectivity index (χ3n) is 4.09. The average Bonchev–Trinajstić information content (AvgIpc) is 2.62. The summed E-state index contributed by atoms with van der Waals surface area (Å²) in [6.07, 6.45) is 0. The lowest BCUT2D eigenvalue weighted by molar-refractivity contribution is 0.0741. The van der Waals surface area contributed by atoms with E-state index in [-0.39, 0.29) is 11.9 Å². The maximum absolute atomic E-state index is 12.7. The molecule has 1 aromatic carbocycles. The Labute approximate surface area is 143 Å². The minimum absolute atomic E-state index is 0.00937. The van der Waals surface area contributed by atoms with E-state index in [0.717, 1.165) is 32.0 Å². The summed E-state index contributed by atoms with van der Waals surface area (Å²) in [6.45, 7) is 7.24. The van der Waals surface area contributed by atoms with E-state index in [4.69, 9.17) is 0 Å². The molecule has 5 nitrogen and oxygen atoms in total. The fraction of sp³-hybridized carbons (Fsp3) is 0.368. The minimum atomic E-state index is 0.00937. The van der Waals surface area contributed by atoms with E-state index in [1.165, 1.54) is 5.69 Å². The van der Waals surface area contributed by atoms with Crippen molar-refractivity contribution in [2.24, 2.45) is 0 Å². The Morgan fingerprint density at radius 2 is 1.71 bits per heavy atom. The summed E-state index contributed by atoms with van der Waals surface area (Å²) in [4.78, 5) is 21.4. The van der Waals surface area contributed by atoms with E-state index in [1.807, 2.05) is 35.2 Å². The predicted octanol–water partition coefficient (Wildman–Crippen LogP) is 2.86. The number of nitrogens with one attached hydrogen (secondary N) is 1. The lowest BCUT2D eigenvalue weighted by Crippen LogP contribution is -2.49. The largest absolute Gasteiger partial charge is 0.368 e. The Hall–Kier alpha value is -2.56. The maximum atomic E-state index is 12.7. The van der Waals surface area contributed by atoms with Crippen LogP contribution in [-0.2, 0) is 0 Å². The normalized spacial score (nSPS) is 14.8. The Balaban J connectivity index is 1.63. The van der Waals surface area contributed by atoms with Crippen molar-refractivity contribution in [2.45, 2.75) is 19.9 Å². The molecule has 1 N–H and O–H groups in total. The van der Waals surface area contributed by atoms with Crippen molar-refractivity contribution in [1.82, 2.24) is 9.88 Å². The second kappa shape index (κ2) is 7.34. The molecule has 0 radical (unpaired) electrons. The van der Waals surface area contributed by atoms with Gasteiger partial charge >= 0.3 is 0 Å². The molecule has 5 heteroatoms. The molecular formula is C19H24N4O. The van der Waals surface area contributed by atoms with Crippen molar-refractivity contribution < 1.29 is 4.79 Å². The fourth-order valence-electron chi connectivity index (χ4n) is 2.90. The summed E-state index contributed by atoms with van der Waals surface area (Å²) in [5.41, 5.74) is 1.72. The molecule has 0 bridgehead atoms. The van der Waals surface area contributed by atoms with Gasteiger partial charge < -0.3 is 15.1 Å². The Bertz CT molecular complexity index is 679. The smallest absolute Gasteiger partial charge is 0.272 e. The second-order valence-corrected chi connectivity index (χ2v) is 6.32. The van der Waals surface area contributed by atoms with E-state index >= 15 is 0 Å². The van der Waals surface area contributed by atoms with Gasteiger partial charge in [0.15, 0.2) is 0 Å². The number of piperazine rings is 1. The van der Waals surface area contributed by atoms with Crippen molar-refractivity contribution in [3.05, 3.63) is 54.2 Å². The first-order valence-electron chi connectivity index (χ1n) is 8.46. The average molecular weight is 324 g/mol. The number of nitrogens with zero attached hydrogens (tertiary/aromatic N) is 3. The number of benzene rings is 1. The van der Waals surface area contributed by atoms with Gasteiger partial charge in [0.2, 0.25) is 0 Å². The number of aromatic nitrogens is 1. The fourth-order valence-corrected chi connectivity index (χ4v) is 2.90. The van der Waals surface area contributed by atoms with Gasteiger partial charge in [-0.25, -0.2) is 4.98 Å². The summed E-state index contributed by atoms with van der Waals surface area (Å²) in [5.74, 6) is 0.758. The standard InChI is InChI=1S/C19H24N4O/c1-15(2)20-18-10-6-9-17(21-18)19(24)23-13-11-22(12-14-23)16-7-4-3-5-8-16/h3-10,15H,11-14H2,1-2H3,(H,20,21). The number of amides is 1. The third-order valence-corrected chi connectivity index (χ3v) is 4.09. The number of carbonyl (C=O) groups is 1. The summed E-state index contributed by atoms with van der Waals surface area (Å²) < 4.78 is 0. The molecule has 1 fully saturated rings. The zero-order valence-electron chi connectivity index (χ0n) is 14.3. The Morgan fingerprint density at radius 3 is 2.38 bits per heavy atom. The highest BCUT2D eigenvalue weighted by Crippen LogP contribution is 2.17. The third kappa shape index (κ3) is 3.85. The maximum Gasteiger partial charge on any atom is 0.272 e. The number of hydrogen-bond acceptors (Lipinski definition) is 4. The molecule has 2 aromatic rings. The zero-order chi connectivity index (χ0) is 16.9. The highest BCUT2D eigenvalue weighted by molar-refractivity contribution is 5.92. The molecule has 1 amide bonds. The predicted molar refractivity (Wildman–Crippen MR) is 97.6 cm³/mol. The lowest BCUT2D eigenvalue weighted by atomic mass is 10.2. The van der Waals surface area contributed by atoms with Gasteiger partial charge in [-0.15, -0.1) is 0 Å². The van der Waals surface area contributed by atoms with Crippen LogP contribution < -0.4 is 10.2 Å². The van der Waals surface area contributed by atoms with Gasteiger partial charge in [0.25, 0.3) is 5.91 Å². The molecule has 0 atom stereocenters. The first-order chi connectivity index (χ1) is 11.6. The van der Waals surface area contributed by atoms with Crippen molar-refractivity contribution in [3.63, 3.8) is 0 Å². The molecule has 24 heavy (non-hydrogen) atoms. The molecule has 0 aliphatic carbocycles. The van der Waals surface area contributed by atoms with E-state index in [9.17, 15) is 4.79 Å². The number of carbonyl (C=O) groups excluding carboxylic acids is 1. The van der Waals surface area contributed by atoms with E-state index in [2.05, 4.69) is 41.2 Å². The van der Waals surface area contributed by atoms with Crippen LogP contribution in [0.3, 0.4) is 0 Å². The Morgan fingerprint density at radius 1 is 1.00 bits per heavy atom. The first-order valence-corrected chi connectivity index (χ1v) is 8.46. The van der Waals surface area contributed by atoms with Crippen molar-refractivity contribution in [1.29, 1.82) is 0 Å². The molecule has 0 spiro atoms. The van der Waals surface area contributed by atoms with E-state index < -0.39 is 0 Å². The van der Waals surface area contributed by atoms with Crippen LogP contribution in [-0.4, -0.2) is 48.0 Å². The second-order valence-electron chi connectivity index (χ2n) is 6.32. The van der Waals surface area contributed by atoms with Gasteiger partial charge in [0, 0.05) is 37.9 Å². The summed E-state index contributed by atoms with van der Waals surface area (Å²) in [5, 5.41) is 3.24. The van der Waals surface area contributed by atoms with Crippen molar-refractivity contribution >= 4 is 17.4 Å². The van der Waals surface area contributed by atoms with Gasteiger partial charge in [-0.05, 0) is 38.1 Å². The van der Waals surface area contributed by atoms with Crippen LogP contribution in [0.4, 0.5) is 11.5 Å². The summed E-state index contributed by atoms with van der Waals surface area (Å²) >= 11 is 0. The van der Waals surface area contributed by atoms with E-state index in [0.29, 0.717) is 5.69 Å². The molecule has 1 aliphatic rings. The number of anilines is 2. The highest BCUT2D eigenvalue weighted by atomic mass is 16.2. The van der Waals surface area contributed by atoms with Crippen molar-refractivity contribution in [2.75, 3.05) is 36.4 Å². The van der Waals surface area contributed by atoms with Crippen LogP contribution in [0.25, 0.3) is 0 Å². The molecule has 0 saturated carbocycles. The quantitative estimate of drug-likeness (QED) is 0.939. The molecule has 0 unspecified atom stereocenters. The Kier molecular flexibility index (Phi) is 4.99. The summed E-state index contributed by atoms with van der Waals surface area (Å²) in [7, 11) is 0. The number of para-hydroxylation sites is 1. The topological polar surface area (TPSA) is 48.5 Å². The SMILES string of the molecule is CC(C)Nc1cccc(C(=O)N2CCN(c3ccccc3)CC2)n1. The van der Waals surface area contributed by atoms with Gasteiger partial charge in [-0.3, -0.25) is 4.79 Å². The summed E-state index contributed by atoms with van der Waals surface area (Å²) in [6, 6.07) is 16.2. The number of hydrogen-bond donors (Lipinski definition) is 1. The van der Waals surface area contributed by atoms with Crippen LogP contribution in [0.15, 0.2) is 48.5 Å². The molecule has 3 rings (SSSR count). The lowest BCUT2D eigenvalue weighted by Gasteiger charge is -2.36. The molecule has 1 aromatic heterocycles. The number of pyridine rings is 1. The first kappa shape index (κ1) is 16.3. The zero-order valence-corrected chi connectivity index (χ0v) is 14.3. The van der Waals surface area contributed by atoms with Crippen LogP contribution in [0, 0.1) is 0 Å². The minimum Gasteiger partial charge on any atom is -0.368 e. The van der Waals surface area contributed by atoms with Crippen molar-refractivity contribution in [3.8, 4) is 0 Å². The monoisotopic (exact) mass is 324 g/mol. The molecular weight excluding hydrogens is 300 g/mol. The highest BCUT2D eigenvalue weighted by Gasteiger charge is 2.23. The molecule has 2 heterocycles. The molecule has 1 aliphatic heterocycles. The van der Waals surface area contributed by atoms with Crippen LogP contribution in [0.5, 0.6) is 0 Å². The van der Waals surface area contributed by atoms with E-state index in [1.54, 1.807) is 6.07 Å². The number of rotatable bonds is 4. The van der Waals surface area contributed by atoms with Gasteiger partial charge in [-0.1, -0.05) is 24.3 Å². The molecule has 126 valence electrons.